The summed E-state index contributed by atoms with van der Waals surface area (Å²) in [7, 11) is 0. The van der Waals surface area contributed by atoms with Crippen molar-refractivity contribution in [2.24, 2.45) is 0 Å². The average molecular weight is 175 g/mol. The predicted molar refractivity (Wildman–Crippen MR) is 43.5 cm³/mol. The van der Waals surface area contributed by atoms with Crippen LogP contribution in [-0.4, -0.2) is 21.0 Å². The predicted octanol–water partition coefficient (Wildman–Crippen LogP) is 1.31. The molecule has 1 aromatic heterocycles. The van der Waals surface area contributed by atoms with E-state index >= 15 is 0 Å². The molecule has 0 bridgehead atoms. The van der Waals surface area contributed by atoms with Gasteiger partial charge in [-0.3, -0.25) is 4.68 Å². The highest BCUT2D eigenvalue weighted by molar-refractivity contribution is 6.30. The zero-order valence-corrected chi connectivity index (χ0v) is 7.12. The van der Waals surface area contributed by atoms with E-state index in [0.717, 1.165) is 6.42 Å². The van der Waals surface area contributed by atoms with Crippen molar-refractivity contribution in [1.82, 2.24) is 9.78 Å². The van der Waals surface area contributed by atoms with Crippen LogP contribution < -0.4 is 0 Å². The first kappa shape index (κ1) is 8.56. The number of nitrogens with zero attached hydrogens (tertiary/aromatic N) is 2. The van der Waals surface area contributed by atoms with E-state index in [9.17, 15) is 5.11 Å². The number of rotatable bonds is 3. The molecule has 0 saturated carbocycles. The van der Waals surface area contributed by atoms with Crippen LogP contribution in [0, 0.1) is 0 Å². The molecule has 4 heteroatoms. The Morgan fingerprint density at radius 1 is 1.82 bits per heavy atom. The van der Waals surface area contributed by atoms with Gasteiger partial charge in [-0.2, -0.15) is 5.10 Å². The van der Waals surface area contributed by atoms with Gasteiger partial charge < -0.3 is 5.11 Å². The summed E-state index contributed by atoms with van der Waals surface area (Å²) in [6.45, 7) is 2.44. The van der Waals surface area contributed by atoms with Gasteiger partial charge >= 0.3 is 0 Å². The third-order valence-corrected chi connectivity index (χ3v) is 1.67. The molecule has 11 heavy (non-hydrogen) atoms. The highest BCUT2D eigenvalue weighted by Crippen LogP contribution is 2.05. The average Bonchev–Trinajstić information content (AvgIpc) is 2.35. The van der Waals surface area contributed by atoms with Crippen LogP contribution in [0.5, 0.6) is 0 Å². The molecule has 62 valence electrons. The molecular weight excluding hydrogens is 164 g/mol. The first-order valence-corrected chi connectivity index (χ1v) is 3.96. The first-order valence-electron chi connectivity index (χ1n) is 3.58. The van der Waals surface area contributed by atoms with Gasteiger partial charge in [-0.05, 0) is 6.42 Å². The zero-order chi connectivity index (χ0) is 8.27. The Labute approximate surface area is 70.6 Å². The Balaban J connectivity index is 2.50. The number of halogens is 1. The quantitative estimate of drug-likeness (QED) is 0.751. The van der Waals surface area contributed by atoms with E-state index < -0.39 is 0 Å². The second kappa shape index (κ2) is 3.74. The molecule has 1 unspecified atom stereocenters. The summed E-state index contributed by atoms with van der Waals surface area (Å²) in [6.07, 6.45) is 3.66. The Kier molecular flexibility index (Phi) is 2.91. The van der Waals surface area contributed by atoms with E-state index in [0.29, 0.717) is 11.6 Å². The van der Waals surface area contributed by atoms with Gasteiger partial charge in [-0.1, -0.05) is 18.5 Å². The molecule has 0 radical (unpaired) electrons. The minimum atomic E-state index is -0.328. The molecule has 1 heterocycles. The number of aliphatic hydroxyl groups excluding tert-OH is 1. The second-order valence-electron chi connectivity index (χ2n) is 2.44. The van der Waals surface area contributed by atoms with E-state index in [4.69, 9.17) is 11.6 Å². The van der Waals surface area contributed by atoms with Gasteiger partial charge in [0.1, 0.15) is 0 Å². The van der Waals surface area contributed by atoms with Crippen LogP contribution in [0.3, 0.4) is 0 Å². The van der Waals surface area contributed by atoms with Crippen molar-refractivity contribution in [3.05, 3.63) is 17.4 Å². The number of aliphatic hydroxyl groups is 1. The van der Waals surface area contributed by atoms with Gasteiger partial charge in [0.05, 0.1) is 23.9 Å². The summed E-state index contributed by atoms with van der Waals surface area (Å²) >= 11 is 5.62. The molecule has 0 saturated heterocycles. The molecule has 1 aromatic rings. The molecular formula is C7H11ClN2O. The fourth-order valence-corrected chi connectivity index (χ4v) is 0.940. The van der Waals surface area contributed by atoms with E-state index in [-0.39, 0.29) is 6.10 Å². The van der Waals surface area contributed by atoms with Crippen LogP contribution in [0.15, 0.2) is 12.4 Å². The molecule has 0 amide bonds. The van der Waals surface area contributed by atoms with Crippen LogP contribution in [0.1, 0.15) is 13.3 Å². The standard InChI is InChI=1S/C7H11ClN2O/c1-2-7(11)5-10-4-6(8)3-9-10/h3-4,7,11H,2,5H2,1H3. The van der Waals surface area contributed by atoms with Crippen LogP contribution >= 0.6 is 11.6 Å². The van der Waals surface area contributed by atoms with Crippen molar-refractivity contribution in [3.63, 3.8) is 0 Å². The first-order chi connectivity index (χ1) is 5.22. The number of hydrogen-bond acceptors (Lipinski definition) is 2. The topological polar surface area (TPSA) is 38.0 Å². The van der Waals surface area contributed by atoms with Crippen LogP contribution in [0.2, 0.25) is 5.02 Å². The lowest BCUT2D eigenvalue weighted by Crippen LogP contribution is -2.14. The maximum absolute atomic E-state index is 9.22. The van der Waals surface area contributed by atoms with Crippen molar-refractivity contribution < 1.29 is 5.11 Å². The van der Waals surface area contributed by atoms with Crippen LogP contribution in [-0.2, 0) is 6.54 Å². The van der Waals surface area contributed by atoms with E-state index in [1.807, 2.05) is 6.92 Å². The van der Waals surface area contributed by atoms with Crippen LogP contribution in [0.4, 0.5) is 0 Å². The van der Waals surface area contributed by atoms with Gasteiger partial charge in [-0.25, -0.2) is 0 Å². The van der Waals surface area contributed by atoms with Gasteiger partial charge in [0.15, 0.2) is 0 Å². The molecule has 3 nitrogen and oxygen atoms in total. The second-order valence-corrected chi connectivity index (χ2v) is 2.88. The van der Waals surface area contributed by atoms with Crippen LogP contribution in [0.25, 0.3) is 0 Å². The summed E-state index contributed by atoms with van der Waals surface area (Å²) in [4.78, 5) is 0. The monoisotopic (exact) mass is 174 g/mol. The van der Waals surface area contributed by atoms with Gasteiger partial charge in [0.2, 0.25) is 0 Å². The third-order valence-electron chi connectivity index (χ3n) is 1.47. The summed E-state index contributed by atoms with van der Waals surface area (Å²) in [5.41, 5.74) is 0. The van der Waals surface area contributed by atoms with Crippen molar-refractivity contribution in [1.29, 1.82) is 0 Å². The maximum atomic E-state index is 9.22. The van der Waals surface area contributed by atoms with Crippen molar-refractivity contribution in [3.8, 4) is 0 Å². The van der Waals surface area contributed by atoms with Crippen molar-refractivity contribution in [2.75, 3.05) is 0 Å². The molecule has 0 spiro atoms. The molecule has 1 rings (SSSR count). The SMILES string of the molecule is CCC(O)Cn1cc(Cl)cn1. The Hall–Kier alpha value is -0.540. The minimum Gasteiger partial charge on any atom is -0.391 e. The Bertz CT molecular complexity index is 224. The minimum absolute atomic E-state index is 0.328. The fourth-order valence-electron chi connectivity index (χ4n) is 0.783. The lowest BCUT2D eigenvalue weighted by molar-refractivity contribution is 0.145. The molecule has 1 atom stereocenters. The molecule has 0 fully saturated rings. The number of hydrogen-bond donors (Lipinski definition) is 1. The van der Waals surface area contributed by atoms with Gasteiger partial charge in [0, 0.05) is 6.20 Å². The van der Waals surface area contributed by atoms with Gasteiger partial charge in [-0.15, -0.1) is 0 Å². The maximum Gasteiger partial charge on any atom is 0.0785 e. The fraction of sp³-hybridized carbons (Fsp3) is 0.571. The third kappa shape index (κ3) is 2.52. The summed E-state index contributed by atoms with van der Waals surface area (Å²) in [5.74, 6) is 0. The Morgan fingerprint density at radius 2 is 2.55 bits per heavy atom. The van der Waals surface area contributed by atoms with E-state index in [1.54, 1.807) is 17.1 Å². The normalized spacial score (nSPS) is 13.4. The summed E-state index contributed by atoms with van der Waals surface area (Å²) in [5, 5.41) is 13.8. The summed E-state index contributed by atoms with van der Waals surface area (Å²) in [6, 6.07) is 0. The van der Waals surface area contributed by atoms with Crippen molar-refractivity contribution in [2.45, 2.75) is 26.0 Å². The smallest absolute Gasteiger partial charge is 0.0785 e. The highest BCUT2D eigenvalue weighted by atomic mass is 35.5. The van der Waals surface area contributed by atoms with Crippen molar-refractivity contribution >= 4 is 11.6 Å². The summed E-state index contributed by atoms with van der Waals surface area (Å²) < 4.78 is 1.64. The Morgan fingerprint density at radius 3 is 3.00 bits per heavy atom. The van der Waals surface area contributed by atoms with Gasteiger partial charge in [0.25, 0.3) is 0 Å². The molecule has 0 aliphatic carbocycles. The molecule has 1 N–H and O–H groups in total. The molecule has 0 aliphatic heterocycles. The molecule has 0 aliphatic rings. The van der Waals surface area contributed by atoms with E-state index in [1.165, 1.54) is 0 Å². The molecule has 0 aromatic carbocycles. The lowest BCUT2D eigenvalue weighted by Gasteiger charge is -2.06. The lowest BCUT2D eigenvalue weighted by atomic mass is 10.3. The zero-order valence-electron chi connectivity index (χ0n) is 6.37. The number of aromatic nitrogens is 2. The highest BCUT2D eigenvalue weighted by Gasteiger charge is 2.02. The largest absolute Gasteiger partial charge is 0.391 e. The van der Waals surface area contributed by atoms with E-state index in [2.05, 4.69) is 5.10 Å².